The van der Waals surface area contributed by atoms with Crippen molar-refractivity contribution < 1.29 is 19.4 Å². The summed E-state index contributed by atoms with van der Waals surface area (Å²) in [7, 11) is 2.85. The van der Waals surface area contributed by atoms with Gasteiger partial charge in [0.05, 0.1) is 12.2 Å². The number of aromatic nitrogens is 4. The van der Waals surface area contributed by atoms with Gasteiger partial charge in [-0.25, -0.2) is 14.6 Å². The Bertz CT molecular complexity index is 1420. The Morgan fingerprint density at radius 3 is 2.47 bits per heavy atom. The van der Waals surface area contributed by atoms with E-state index in [2.05, 4.69) is 9.97 Å². The topological polar surface area (TPSA) is 128 Å². The predicted octanol–water partition coefficient (Wildman–Crippen LogP) is 1.82. The summed E-state index contributed by atoms with van der Waals surface area (Å²) < 4.78 is 13.1. The summed E-state index contributed by atoms with van der Waals surface area (Å²) in [4.78, 5) is 43.5. The number of aliphatic hydroxyl groups excluding tert-OH is 1. The van der Waals surface area contributed by atoms with Gasteiger partial charge >= 0.3 is 11.7 Å². The van der Waals surface area contributed by atoms with E-state index in [0.717, 1.165) is 10.1 Å². The third-order valence-electron chi connectivity index (χ3n) is 5.39. The molecule has 176 valence electrons. The number of carbonyl (C=O) groups excluding carboxylic acids is 1. The maximum absolute atomic E-state index is 12.3. The quantitative estimate of drug-likeness (QED) is 0.381. The number of benzene rings is 2. The minimum absolute atomic E-state index is 0.0537. The van der Waals surface area contributed by atoms with Crippen molar-refractivity contribution in [1.29, 1.82) is 0 Å². The Morgan fingerprint density at radius 1 is 1.06 bits per heavy atom. The van der Waals surface area contributed by atoms with Gasteiger partial charge in [0.1, 0.15) is 29.8 Å². The highest BCUT2D eigenvalue weighted by Crippen LogP contribution is 2.18. The van der Waals surface area contributed by atoms with Crippen LogP contribution in [0.15, 0.2) is 64.2 Å². The Kier molecular flexibility index (Phi) is 6.60. The van der Waals surface area contributed by atoms with Gasteiger partial charge in [-0.3, -0.25) is 13.9 Å². The Morgan fingerprint density at radius 2 is 1.76 bits per heavy atom. The van der Waals surface area contributed by atoms with Crippen molar-refractivity contribution in [3.05, 3.63) is 92.4 Å². The minimum Gasteiger partial charge on any atom is -0.489 e. The summed E-state index contributed by atoms with van der Waals surface area (Å²) in [5.74, 6) is 0.202. The highest BCUT2D eigenvalue weighted by atomic mass is 16.5. The first-order valence-corrected chi connectivity index (χ1v) is 10.6. The number of fused-ring (bicyclic) bond motifs is 1. The third kappa shape index (κ3) is 4.76. The fraction of sp³-hybridized carbons (Fsp3) is 0.250. The summed E-state index contributed by atoms with van der Waals surface area (Å²) >= 11 is 0. The smallest absolute Gasteiger partial charge is 0.338 e. The number of imidazole rings is 1. The number of esters is 1. The summed E-state index contributed by atoms with van der Waals surface area (Å²) in [6.07, 6.45) is -1.06. The zero-order chi connectivity index (χ0) is 24.2. The van der Waals surface area contributed by atoms with Crippen molar-refractivity contribution in [2.45, 2.75) is 19.1 Å². The average molecular weight is 464 g/mol. The highest BCUT2D eigenvalue weighted by Gasteiger charge is 2.18. The first-order chi connectivity index (χ1) is 16.3. The molecule has 0 aliphatic carbocycles. The largest absolute Gasteiger partial charge is 0.489 e. The molecule has 0 spiro atoms. The number of nitrogens with zero attached hydrogens (tertiary/aromatic N) is 3. The van der Waals surface area contributed by atoms with E-state index >= 15 is 0 Å². The van der Waals surface area contributed by atoms with Crippen LogP contribution < -0.4 is 16.0 Å². The van der Waals surface area contributed by atoms with Crippen molar-refractivity contribution >= 4 is 17.1 Å². The lowest BCUT2D eigenvalue weighted by atomic mass is 10.2. The summed E-state index contributed by atoms with van der Waals surface area (Å²) in [6.45, 7) is 0.352. The Hall–Kier alpha value is -4.18. The SMILES string of the molecule is Cn1c(=O)c2[nH]c(C(O)CCOC(=O)c3ccc(OCc4ccccc4)cc3)nc2n(C)c1=O. The standard InChI is InChI=1S/C24H24N4O6/c1-27-21-19(22(30)28(2)24(27)32)25-20(26-21)18(29)12-13-33-23(31)16-8-10-17(11-9-16)34-14-15-6-4-3-5-7-15/h3-11,18,29H,12-14H2,1-2H3,(H,25,26). The first kappa shape index (κ1) is 23.0. The van der Waals surface area contributed by atoms with Crippen molar-refractivity contribution in [3.63, 3.8) is 0 Å². The number of ether oxygens (including phenoxy) is 2. The van der Waals surface area contributed by atoms with E-state index < -0.39 is 23.3 Å². The molecule has 0 aliphatic heterocycles. The number of carbonyl (C=O) groups is 1. The maximum Gasteiger partial charge on any atom is 0.338 e. The Labute approximate surface area is 194 Å². The number of aliphatic hydroxyl groups is 1. The molecule has 1 unspecified atom stereocenters. The summed E-state index contributed by atoms with van der Waals surface area (Å²) in [6, 6.07) is 16.3. The van der Waals surface area contributed by atoms with Crippen molar-refractivity contribution in [2.75, 3.05) is 6.61 Å². The molecular weight excluding hydrogens is 440 g/mol. The van der Waals surface area contributed by atoms with Gasteiger partial charge in [0.25, 0.3) is 5.56 Å². The van der Waals surface area contributed by atoms with Gasteiger partial charge in [0.15, 0.2) is 5.65 Å². The van der Waals surface area contributed by atoms with Crippen molar-refractivity contribution in [3.8, 4) is 5.75 Å². The monoisotopic (exact) mass is 464 g/mol. The van der Waals surface area contributed by atoms with Crippen LogP contribution in [-0.4, -0.2) is 36.8 Å². The number of aromatic amines is 1. The second kappa shape index (κ2) is 9.75. The predicted molar refractivity (Wildman–Crippen MR) is 124 cm³/mol. The van der Waals surface area contributed by atoms with Gasteiger partial charge < -0.3 is 19.6 Å². The molecule has 4 rings (SSSR count). The maximum atomic E-state index is 12.3. The number of H-pyrrole nitrogens is 1. The van der Waals surface area contributed by atoms with E-state index in [1.54, 1.807) is 24.3 Å². The number of hydrogen-bond donors (Lipinski definition) is 2. The molecule has 0 bridgehead atoms. The van der Waals surface area contributed by atoms with Crippen LogP contribution in [0.25, 0.3) is 11.2 Å². The molecule has 0 fully saturated rings. The number of hydrogen-bond acceptors (Lipinski definition) is 7. The van der Waals surface area contributed by atoms with E-state index in [1.807, 2.05) is 30.3 Å². The molecular formula is C24H24N4O6. The zero-order valence-electron chi connectivity index (χ0n) is 18.7. The van der Waals surface area contributed by atoms with Gasteiger partial charge in [-0.15, -0.1) is 0 Å². The van der Waals surface area contributed by atoms with Gasteiger partial charge in [0.2, 0.25) is 0 Å². The fourth-order valence-electron chi connectivity index (χ4n) is 3.41. The van der Waals surface area contributed by atoms with Crippen LogP contribution >= 0.6 is 0 Å². The van der Waals surface area contributed by atoms with Crippen LogP contribution in [-0.2, 0) is 25.4 Å². The lowest BCUT2D eigenvalue weighted by Crippen LogP contribution is -2.36. The van der Waals surface area contributed by atoms with Crippen LogP contribution in [0.3, 0.4) is 0 Å². The van der Waals surface area contributed by atoms with Crippen molar-refractivity contribution in [1.82, 2.24) is 19.1 Å². The molecule has 2 aromatic heterocycles. The average Bonchev–Trinajstić information content (AvgIpc) is 3.32. The molecule has 34 heavy (non-hydrogen) atoms. The lowest BCUT2D eigenvalue weighted by molar-refractivity contribution is 0.0423. The molecule has 0 saturated heterocycles. The van der Waals surface area contributed by atoms with E-state index in [4.69, 9.17) is 9.47 Å². The first-order valence-electron chi connectivity index (χ1n) is 10.6. The molecule has 2 N–H and O–H groups in total. The molecule has 1 atom stereocenters. The zero-order valence-corrected chi connectivity index (χ0v) is 18.7. The van der Waals surface area contributed by atoms with Gasteiger partial charge in [-0.1, -0.05) is 30.3 Å². The van der Waals surface area contributed by atoms with Gasteiger partial charge in [-0.2, -0.15) is 0 Å². The van der Waals surface area contributed by atoms with Gasteiger partial charge in [-0.05, 0) is 29.8 Å². The molecule has 0 aliphatic rings. The summed E-state index contributed by atoms with van der Waals surface area (Å²) in [5, 5.41) is 10.4. The summed E-state index contributed by atoms with van der Waals surface area (Å²) in [5.41, 5.74) is 0.599. The molecule has 10 nitrogen and oxygen atoms in total. The van der Waals surface area contributed by atoms with Crippen LogP contribution in [0.2, 0.25) is 0 Å². The molecule has 2 heterocycles. The van der Waals surface area contributed by atoms with E-state index in [0.29, 0.717) is 17.9 Å². The molecule has 2 aromatic carbocycles. The van der Waals surface area contributed by atoms with E-state index in [-0.39, 0.29) is 30.0 Å². The number of aryl methyl sites for hydroxylation is 1. The van der Waals surface area contributed by atoms with Crippen LogP contribution in [0.1, 0.15) is 34.3 Å². The number of nitrogens with one attached hydrogen (secondary N) is 1. The molecule has 0 amide bonds. The second-order valence-electron chi connectivity index (χ2n) is 7.77. The van der Waals surface area contributed by atoms with Crippen molar-refractivity contribution in [2.24, 2.45) is 14.1 Å². The van der Waals surface area contributed by atoms with Crippen LogP contribution in [0, 0.1) is 0 Å². The van der Waals surface area contributed by atoms with Gasteiger partial charge in [0, 0.05) is 20.5 Å². The van der Waals surface area contributed by atoms with E-state index in [1.165, 1.54) is 18.7 Å². The molecule has 0 saturated carbocycles. The number of rotatable bonds is 8. The second-order valence-corrected chi connectivity index (χ2v) is 7.77. The normalized spacial score (nSPS) is 12.0. The van der Waals surface area contributed by atoms with E-state index in [9.17, 15) is 19.5 Å². The Balaban J connectivity index is 1.32. The highest BCUT2D eigenvalue weighted by molar-refractivity contribution is 5.89. The third-order valence-corrected chi connectivity index (χ3v) is 5.39. The fourth-order valence-corrected chi connectivity index (χ4v) is 3.41. The van der Waals surface area contributed by atoms with Crippen LogP contribution in [0.5, 0.6) is 5.75 Å². The molecule has 4 aromatic rings. The minimum atomic E-state index is -1.12. The van der Waals surface area contributed by atoms with Crippen LogP contribution in [0.4, 0.5) is 0 Å². The lowest BCUT2D eigenvalue weighted by Gasteiger charge is -2.09. The molecule has 0 radical (unpaired) electrons. The molecule has 10 heteroatoms.